The smallest absolute Gasteiger partial charge is 0.325 e. The molecule has 1 aromatic rings. The van der Waals surface area contributed by atoms with E-state index >= 15 is 0 Å². The lowest BCUT2D eigenvalue weighted by Gasteiger charge is -2.15. The molecule has 1 amide bonds. The van der Waals surface area contributed by atoms with Crippen molar-refractivity contribution in [3.05, 3.63) is 36.2 Å². The summed E-state index contributed by atoms with van der Waals surface area (Å²) >= 11 is 0. The Bertz CT molecular complexity index is 591. The normalized spacial score (nSPS) is 14.0. The Balaban J connectivity index is 2.39. The van der Waals surface area contributed by atoms with E-state index in [0.29, 0.717) is 12.1 Å². The van der Waals surface area contributed by atoms with Gasteiger partial charge in [-0.05, 0) is 30.5 Å². The first kappa shape index (κ1) is 22.8. The standard InChI is InChI=1S/C18H29FN2O4P/c1-2-3-4-5-6-7-8-14-9-11-15(12-10-14)21-18(22)16(20)13-17(19)26(23,24)25/h9-13,16-17H,2-8,20H2,1H3,(H,21,22)(H2,23,24,25)/t16-,17?/m1/s1. The zero-order valence-corrected chi connectivity index (χ0v) is 16.0. The lowest BCUT2D eigenvalue weighted by molar-refractivity contribution is -0.116. The highest BCUT2D eigenvalue weighted by molar-refractivity contribution is 7.52. The number of amides is 1. The predicted octanol–water partition coefficient (Wildman–Crippen LogP) is 3.53. The fourth-order valence-corrected chi connectivity index (χ4v) is 2.87. The highest BCUT2D eigenvalue weighted by Crippen LogP contribution is 2.43. The van der Waals surface area contributed by atoms with Crippen LogP contribution in [0, 0.1) is 6.42 Å². The number of carbonyl (C=O) groups excluding carboxylic acids is 1. The van der Waals surface area contributed by atoms with Crippen molar-refractivity contribution in [2.45, 2.75) is 63.8 Å². The molecule has 0 bridgehead atoms. The van der Waals surface area contributed by atoms with Gasteiger partial charge in [-0.1, -0.05) is 51.2 Å². The number of rotatable bonds is 12. The molecule has 1 radical (unpaired) electrons. The Hall–Kier alpha value is -1.27. The van der Waals surface area contributed by atoms with E-state index in [-0.39, 0.29) is 0 Å². The summed E-state index contributed by atoms with van der Waals surface area (Å²) in [7, 11) is -4.94. The van der Waals surface area contributed by atoms with Crippen LogP contribution in [0.3, 0.4) is 0 Å². The molecule has 0 fully saturated rings. The molecule has 0 aliphatic carbocycles. The number of nitrogens with two attached hydrogens (primary N) is 1. The van der Waals surface area contributed by atoms with E-state index in [1.54, 1.807) is 12.1 Å². The molecule has 5 N–H and O–H groups in total. The Morgan fingerprint density at radius 3 is 2.35 bits per heavy atom. The van der Waals surface area contributed by atoms with Crippen LogP contribution in [-0.4, -0.2) is 27.6 Å². The van der Waals surface area contributed by atoms with Crippen LogP contribution in [-0.2, 0) is 15.8 Å². The second-order valence-electron chi connectivity index (χ2n) is 6.38. The molecule has 26 heavy (non-hydrogen) atoms. The van der Waals surface area contributed by atoms with Gasteiger partial charge in [-0.15, -0.1) is 0 Å². The molecule has 0 heterocycles. The molecule has 0 saturated heterocycles. The fraction of sp³-hybridized carbons (Fsp3) is 0.556. The SMILES string of the molecule is CCCCCCCCc1ccc(NC(=O)[C@H](N)[CH]C(F)P(=O)(O)O)cc1. The number of anilines is 1. The third-order valence-corrected chi connectivity index (χ3v) is 4.85. The Morgan fingerprint density at radius 2 is 1.77 bits per heavy atom. The number of alkyl halides is 1. The number of carbonyl (C=O) groups is 1. The van der Waals surface area contributed by atoms with Crippen molar-refractivity contribution in [2.24, 2.45) is 5.73 Å². The van der Waals surface area contributed by atoms with Crippen LogP contribution in [0.1, 0.15) is 51.0 Å². The minimum absolute atomic E-state index is 0.497. The number of benzene rings is 1. The fourth-order valence-electron chi connectivity index (χ4n) is 2.46. The third kappa shape index (κ3) is 8.90. The first-order chi connectivity index (χ1) is 12.2. The molecule has 6 nitrogen and oxygen atoms in total. The van der Waals surface area contributed by atoms with E-state index in [9.17, 15) is 13.8 Å². The Labute approximate surface area is 154 Å². The van der Waals surface area contributed by atoms with E-state index in [0.717, 1.165) is 12.8 Å². The first-order valence-electron chi connectivity index (χ1n) is 8.93. The molecule has 0 aliphatic heterocycles. The van der Waals surface area contributed by atoms with Gasteiger partial charge in [0.05, 0.1) is 6.04 Å². The van der Waals surface area contributed by atoms with Crippen LogP contribution in [0.4, 0.5) is 10.1 Å². The maximum absolute atomic E-state index is 13.2. The first-order valence-corrected chi connectivity index (χ1v) is 10.6. The highest BCUT2D eigenvalue weighted by atomic mass is 31.2. The van der Waals surface area contributed by atoms with Crippen molar-refractivity contribution in [2.75, 3.05) is 5.32 Å². The minimum Gasteiger partial charge on any atom is -0.325 e. The number of aryl methyl sites for hydroxylation is 1. The van der Waals surface area contributed by atoms with Crippen molar-refractivity contribution in [1.29, 1.82) is 0 Å². The summed E-state index contributed by atoms with van der Waals surface area (Å²) in [4.78, 5) is 29.2. The largest absolute Gasteiger partial charge is 0.359 e. The second-order valence-corrected chi connectivity index (χ2v) is 8.06. The molecular weight excluding hydrogens is 358 g/mol. The van der Waals surface area contributed by atoms with Crippen LogP contribution < -0.4 is 11.1 Å². The minimum atomic E-state index is -4.94. The van der Waals surface area contributed by atoms with Crippen LogP contribution >= 0.6 is 7.60 Å². The molecule has 1 aromatic carbocycles. The lowest BCUT2D eigenvalue weighted by atomic mass is 10.0. The Morgan fingerprint density at radius 1 is 1.19 bits per heavy atom. The number of unbranched alkanes of at least 4 members (excludes halogenated alkanes) is 5. The molecule has 147 valence electrons. The summed E-state index contributed by atoms with van der Waals surface area (Å²) in [5.74, 6) is -3.30. The third-order valence-electron chi connectivity index (χ3n) is 4.03. The van der Waals surface area contributed by atoms with Crippen molar-refractivity contribution in [1.82, 2.24) is 0 Å². The van der Waals surface area contributed by atoms with E-state index in [1.165, 1.54) is 37.7 Å². The van der Waals surface area contributed by atoms with Crippen molar-refractivity contribution >= 4 is 19.2 Å². The van der Waals surface area contributed by atoms with Gasteiger partial charge in [0.2, 0.25) is 11.8 Å². The predicted molar refractivity (Wildman–Crippen MR) is 101 cm³/mol. The van der Waals surface area contributed by atoms with Gasteiger partial charge in [0, 0.05) is 12.1 Å². The molecule has 1 unspecified atom stereocenters. The summed E-state index contributed by atoms with van der Waals surface area (Å²) in [6, 6.07) is 5.81. The van der Waals surface area contributed by atoms with E-state index < -0.39 is 25.5 Å². The van der Waals surface area contributed by atoms with Crippen LogP contribution in [0.15, 0.2) is 24.3 Å². The molecule has 1 rings (SSSR count). The zero-order valence-electron chi connectivity index (χ0n) is 15.1. The average Bonchev–Trinajstić information content (AvgIpc) is 2.58. The zero-order chi connectivity index (χ0) is 19.6. The van der Waals surface area contributed by atoms with E-state index in [4.69, 9.17) is 15.5 Å². The van der Waals surface area contributed by atoms with Crippen LogP contribution in [0.2, 0.25) is 0 Å². The van der Waals surface area contributed by atoms with Gasteiger partial charge in [0.1, 0.15) is 0 Å². The molecule has 0 aromatic heterocycles. The summed E-state index contributed by atoms with van der Waals surface area (Å²) in [5.41, 5.74) is 7.12. The van der Waals surface area contributed by atoms with Crippen LogP contribution in [0.25, 0.3) is 0 Å². The summed E-state index contributed by atoms with van der Waals surface area (Å²) in [5, 5.41) is 2.50. The van der Waals surface area contributed by atoms with E-state index in [1.807, 2.05) is 12.1 Å². The maximum Gasteiger partial charge on any atom is 0.359 e. The quantitative estimate of drug-likeness (QED) is 0.324. The van der Waals surface area contributed by atoms with Crippen LogP contribution in [0.5, 0.6) is 0 Å². The van der Waals surface area contributed by atoms with Gasteiger partial charge in [0.25, 0.3) is 0 Å². The maximum atomic E-state index is 13.2. The summed E-state index contributed by atoms with van der Waals surface area (Å²) in [6.45, 7) is 2.19. The molecule has 2 atom stereocenters. The summed E-state index contributed by atoms with van der Waals surface area (Å²) < 4.78 is 24.0. The second kappa shape index (κ2) is 11.4. The average molecular weight is 387 g/mol. The molecule has 0 aliphatic rings. The number of halogens is 1. The van der Waals surface area contributed by atoms with Crippen molar-refractivity contribution in [3.8, 4) is 0 Å². The highest BCUT2D eigenvalue weighted by Gasteiger charge is 2.32. The molecular formula is C18H29FN2O4P. The molecule has 8 heteroatoms. The van der Waals surface area contributed by atoms with E-state index in [2.05, 4.69) is 12.2 Å². The van der Waals surface area contributed by atoms with Gasteiger partial charge < -0.3 is 20.8 Å². The van der Waals surface area contributed by atoms with Gasteiger partial charge >= 0.3 is 7.60 Å². The topological polar surface area (TPSA) is 113 Å². The van der Waals surface area contributed by atoms with Crippen molar-refractivity contribution < 1.29 is 23.5 Å². The Kier molecular flexibility index (Phi) is 10.0. The number of nitrogens with one attached hydrogen (secondary N) is 1. The summed E-state index contributed by atoms with van der Waals surface area (Å²) in [6.07, 6.45) is 8.84. The number of hydrogen-bond acceptors (Lipinski definition) is 3. The lowest BCUT2D eigenvalue weighted by Crippen LogP contribution is -2.38. The van der Waals surface area contributed by atoms with Crippen molar-refractivity contribution in [3.63, 3.8) is 0 Å². The van der Waals surface area contributed by atoms with Gasteiger partial charge in [-0.3, -0.25) is 9.36 Å². The van der Waals surface area contributed by atoms with Gasteiger partial charge in [0.15, 0.2) is 0 Å². The monoisotopic (exact) mass is 387 g/mol. The van der Waals surface area contributed by atoms with Gasteiger partial charge in [-0.25, -0.2) is 4.39 Å². The number of hydrogen-bond donors (Lipinski definition) is 4. The molecule has 0 spiro atoms. The van der Waals surface area contributed by atoms with Gasteiger partial charge in [-0.2, -0.15) is 0 Å². The molecule has 0 saturated carbocycles.